The molecular weight excluding hydrogens is 458 g/mol. The van der Waals surface area contributed by atoms with Crippen LogP contribution in [0.3, 0.4) is 0 Å². The molecule has 0 saturated heterocycles. The van der Waals surface area contributed by atoms with Crippen molar-refractivity contribution in [2.75, 3.05) is 0 Å². The average molecular weight is 492 g/mol. The zero-order chi connectivity index (χ0) is 24.9. The minimum absolute atomic E-state index is 0.0432. The van der Waals surface area contributed by atoms with Gasteiger partial charge >= 0.3 is 18.0 Å². The van der Waals surface area contributed by atoms with Crippen LogP contribution in [0.2, 0.25) is 0 Å². The summed E-state index contributed by atoms with van der Waals surface area (Å²) in [7, 11) is 0. The quantitative estimate of drug-likeness (QED) is 0.401. The highest BCUT2D eigenvalue weighted by atomic mass is 16.6. The van der Waals surface area contributed by atoms with E-state index >= 15 is 0 Å². The third kappa shape index (κ3) is 6.07. The van der Waals surface area contributed by atoms with Crippen LogP contribution >= 0.6 is 0 Å². The fraction of sp³-hybridized carbons (Fsp3) is 0.483. The fourth-order valence-corrected chi connectivity index (χ4v) is 6.36. The SMILES string of the molecule is O=C(C[C@H](NC(=O)OCc1ccccc1)C(=O)OCc1ccccc1)OC1C2CC3CC(C2)CC1C3. The number of carbonyl (C=O) groups is 3. The van der Waals surface area contributed by atoms with Crippen molar-refractivity contribution in [3.8, 4) is 0 Å². The van der Waals surface area contributed by atoms with E-state index in [0.717, 1.165) is 48.6 Å². The number of benzene rings is 2. The molecule has 4 saturated carbocycles. The Balaban J connectivity index is 1.19. The Kier molecular flexibility index (Phi) is 7.54. The van der Waals surface area contributed by atoms with E-state index in [2.05, 4.69) is 5.32 Å². The molecule has 0 unspecified atom stereocenters. The standard InChI is InChI=1S/C29H33NO6/c31-26(36-27-23-12-21-11-22(14-23)15-24(27)13-21)16-25(28(32)34-17-19-7-3-1-4-8-19)30-29(33)35-18-20-9-5-2-6-10-20/h1-10,21-25,27H,11-18H2,(H,30,33)/t21?,22?,23?,24?,25-,27?/m0/s1. The number of ether oxygens (including phenoxy) is 3. The number of amides is 1. The van der Waals surface area contributed by atoms with E-state index in [9.17, 15) is 14.4 Å². The number of esters is 2. The van der Waals surface area contributed by atoms with Crippen molar-refractivity contribution in [2.24, 2.45) is 23.7 Å². The molecule has 36 heavy (non-hydrogen) atoms. The van der Waals surface area contributed by atoms with Gasteiger partial charge in [0.15, 0.2) is 0 Å². The molecule has 1 atom stereocenters. The number of carbonyl (C=O) groups excluding carboxylic acids is 3. The van der Waals surface area contributed by atoms with E-state index in [1.807, 2.05) is 60.7 Å². The van der Waals surface area contributed by atoms with Crippen molar-refractivity contribution in [3.63, 3.8) is 0 Å². The van der Waals surface area contributed by atoms with E-state index in [1.165, 1.54) is 6.42 Å². The van der Waals surface area contributed by atoms with Crippen LogP contribution in [0.4, 0.5) is 4.79 Å². The van der Waals surface area contributed by atoms with Gasteiger partial charge in [-0.25, -0.2) is 9.59 Å². The topological polar surface area (TPSA) is 90.9 Å². The Labute approximate surface area is 211 Å². The van der Waals surface area contributed by atoms with Crippen LogP contribution in [0.25, 0.3) is 0 Å². The van der Waals surface area contributed by atoms with Crippen molar-refractivity contribution in [1.82, 2.24) is 5.32 Å². The predicted octanol–water partition coefficient (Wildman–Crippen LogP) is 4.78. The first-order valence-electron chi connectivity index (χ1n) is 12.9. The van der Waals surface area contributed by atoms with Crippen molar-refractivity contribution in [3.05, 3.63) is 71.8 Å². The number of nitrogens with one attached hydrogen (secondary N) is 1. The molecule has 4 fully saturated rings. The molecule has 7 nitrogen and oxygen atoms in total. The minimum Gasteiger partial charge on any atom is -0.462 e. The first-order chi connectivity index (χ1) is 17.5. The van der Waals surface area contributed by atoms with Gasteiger partial charge in [-0.05, 0) is 66.9 Å². The maximum atomic E-state index is 13.0. The average Bonchev–Trinajstić information content (AvgIpc) is 2.88. The van der Waals surface area contributed by atoms with Gasteiger partial charge in [0.25, 0.3) is 0 Å². The molecule has 2 aromatic rings. The van der Waals surface area contributed by atoms with E-state index < -0.39 is 24.1 Å². The van der Waals surface area contributed by atoms with Gasteiger partial charge in [-0.15, -0.1) is 0 Å². The molecule has 0 aromatic heterocycles. The van der Waals surface area contributed by atoms with Gasteiger partial charge in [-0.1, -0.05) is 60.7 Å². The number of rotatable bonds is 9. The molecule has 0 radical (unpaired) electrons. The fourth-order valence-electron chi connectivity index (χ4n) is 6.36. The molecule has 4 aliphatic rings. The molecular formula is C29H33NO6. The Bertz CT molecular complexity index is 1030. The van der Waals surface area contributed by atoms with Crippen LogP contribution in [-0.2, 0) is 37.0 Å². The van der Waals surface area contributed by atoms with Crippen molar-refractivity contribution in [1.29, 1.82) is 0 Å². The third-order valence-corrected chi connectivity index (χ3v) is 7.79. The van der Waals surface area contributed by atoms with Crippen LogP contribution < -0.4 is 5.32 Å². The van der Waals surface area contributed by atoms with E-state index in [0.29, 0.717) is 11.8 Å². The highest BCUT2D eigenvalue weighted by Crippen LogP contribution is 2.54. The zero-order valence-electron chi connectivity index (χ0n) is 20.3. The van der Waals surface area contributed by atoms with Crippen LogP contribution in [-0.4, -0.2) is 30.2 Å². The second kappa shape index (κ2) is 11.1. The second-order valence-electron chi connectivity index (χ2n) is 10.4. The summed E-state index contributed by atoms with van der Waals surface area (Å²) in [4.78, 5) is 38.3. The summed E-state index contributed by atoms with van der Waals surface area (Å²) in [6.07, 6.45) is 4.64. The summed E-state index contributed by atoms with van der Waals surface area (Å²) in [5, 5.41) is 2.52. The summed E-state index contributed by atoms with van der Waals surface area (Å²) >= 11 is 0. The highest BCUT2D eigenvalue weighted by molar-refractivity contribution is 5.86. The Morgan fingerprint density at radius 1 is 0.750 bits per heavy atom. The summed E-state index contributed by atoms with van der Waals surface area (Å²) < 4.78 is 16.6. The Hall–Kier alpha value is -3.35. The molecule has 0 aliphatic heterocycles. The first-order valence-corrected chi connectivity index (χ1v) is 12.9. The molecule has 1 amide bonds. The number of alkyl carbamates (subject to hydrolysis) is 1. The largest absolute Gasteiger partial charge is 0.462 e. The lowest BCUT2D eigenvalue weighted by atomic mass is 9.55. The molecule has 4 bridgehead atoms. The van der Waals surface area contributed by atoms with Crippen molar-refractivity contribution < 1.29 is 28.6 Å². The van der Waals surface area contributed by atoms with Gasteiger partial charge in [0.2, 0.25) is 0 Å². The summed E-state index contributed by atoms with van der Waals surface area (Å²) in [5.74, 6) is 1.18. The maximum Gasteiger partial charge on any atom is 0.408 e. The van der Waals surface area contributed by atoms with Gasteiger partial charge in [0.1, 0.15) is 25.4 Å². The summed E-state index contributed by atoms with van der Waals surface area (Å²) in [5.41, 5.74) is 1.63. The van der Waals surface area contributed by atoms with Crippen LogP contribution in [0.15, 0.2) is 60.7 Å². The van der Waals surface area contributed by atoms with Gasteiger partial charge in [-0.2, -0.15) is 0 Å². The molecule has 0 spiro atoms. The summed E-state index contributed by atoms with van der Waals surface area (Å²) in [6, 6.07) is 17.3. The Morgan fingerprint density at radius 2 is 1.28 bits per heavy atom. The van der Waals surface area contributed by atoms with Gasteiger partial charge in [0.05, 0.1) is 6.42 Å². The first kappa shape index (κ1) is 24.3. The molecule has 7 heteroatoms. The Morgan fingerprint density at radius 3 is 1.83 bits per heavy atom. The second-order valence-corrected chi connectivity index (χ2v) is 10.4. The lowest BCUT2D eigenvalue weighted by molar-refractivity contribution is -0.173. The van der Waals surface area contributed by atoms with E-state index in [4.69, 9.17) is 14.2 Å². The van der Waals surface area contributed by atoms with Crippen LogP contribution in [0, 0.1) is 23.7 Å². The van der Waals surface area contributed by atoms with E-state index in [1.54, 1.807) is 0 Å². The third-order valence-electron chi connectivity index (χ3n) is 7.79. The van der Waals surface area contributed by atoms with Gasteiger partial charge in [-0.3, -0.25) is 4.79 Å². The van der Waals surface area contributed by atoms with Crippen LogP contribution in [0.5, 0.6) is 0 Å². The van der Waals surface area contributed by atoms with Crippen molar-refractivity contribution >= 4 is 18.0 Å². The van der Waals surface area contributed by atoms with Gasteiger partial charge < -0.3 is 19.5 Å². The maximum absolute atomic E-state index is 13.0. The van der Waals surface area contributed by atoms with Crippen LogP contribution in [0.1, 0.15) is 49.7 Å². The molecule has 190 valence electrons. The van der Waals surface area contributed by atoms with Gasteiger partial charge in [0, 0.05) is 0 Å². The molecule has 4 aliphatic carbocycles. The normalized spacial score (nSPS) is 26.6. The smallest absolute Gasteiger partial charge is 0.408 e. The predicted molar refractivity (Wildman–Crippen MR) is 131 cm³/mol. The molecule has 6 rings (SSSR count). The zero-order valence-corrected chi connectivity index (χ0v) is 20.3. The molecule has 0 heterocycles. The number of hydrogen-bond acceptors (Lipinski definition) is 6. The van der Waals surface area contributed by atoms with E-state index in [-0.39, 0.29) is 25.7 Å². The number of hydrogen-bond donors (Lipinski definition) is 1. The molecule has 2 aromatic carbocycles. The van der Waals surface area contributed by atoms with Crippen molar-refractivity contribution in [2.45, 2.75) is 63.9 Å². The highest BCUT2D eigenvalue weighted by Gasteiger charge is 2.50. The monoisotopic (exact) mass is 491 g/mol. The summed E-state index contributed by atoms with van der Waals surface area (Å²) in [6.45, 7) is 0.0954. The lowest BCUT2D eigenvalue weighted by Crippen LogP contribution is -2.50. The lowest BCUT2D eigenvalue weighted by Gasteiger charge is -2.53. The minimum atomic E-state index is -1.19. The molecule has 1 N–H and O–H groups in total.